The minimum atomic E-state index is 0.579. The van der Waals surface area contributed by atoms with Crippen LogP contribution in [0.1, 0.15) is 10.6 Å². The van der Waals surface area contributed by atoms with Crippen molar-refractivity contribution in [3.05, 3.63) is 59.4 Å². The molecule has 2 heterocycles. The van der Waals surface area contributed by atoms with Crippen LogP contribution in [-0.2, 0) is 0 Å². The van der Waals surface area contributed by atoms with Crippen molar-refractivity contribution in [1.82, 2.24) is 19.7 Å². The number of hydrogen-bond acceptors (Lipinski definition) is 5. The molecule has 4 aromatic rings. The van der Waals surface area contributed by atoms with Gasteiger partial charge in [-0.15, -0.1) is 21.5 Å². The summed E-state index contributed by atoms with van der Waals surface area (Å²) in [6.07, 6.45) is 1.63. The average molecular weight is 317 g/mol. The van der Waals surface area contributed by atoms with E-state index in [0.717, 1.165) is 26.5 Å². The van der Waals surface area contributed by atoms with Gasteiger partial charge in [0.15, 0.2) is 5.82 Å². The number of nitriles is 1. The van der Waals surface area contributed by atoms with Gasteiger partial charge in [-0.1, -0.05) is 18.2 Å². The van der Waals surface area contributed by atoms with E-state index < -0.39 is 0 Å². The molecule has 5 nitrogen and oxygen atoms in total. The van der Waals surface area contributed by atoms with E-state index in [-0.39, 0.29) is 0 Å². The van der Waals surface area contributed by atoms with Crippen molar-refractivity contribution in [2.24, 2.45) is 0 Å². The van der Waals surface area contributed by atoms with Crippen LogP contribution in [0.25, 0.3) is 27.3 Å². The molecular formula is C17H11N5S. The highest BCUT2D eigenvalue weighted by Crippen LogP contribution is 2.31. The Balaban J connectivity index is 1.98. The quantitative estimate of drug-likeness (QED) is 0.565. The predicted octanol–water partition coefficient (Wildman–Crippen LogP) is 3.72. The Morgan fingerprint density at radius 3 is 2.87 bits per heavy atom. The normalized spacial score (nSPS) is 10.8. The molecule has 4 rings (SSSR count). The second-order valence-corrected chi connectivity index (χ2v) is 6.27. The van der Waals surface area contributed by atoms with Crippen molar-refractivity contribution in [2.75, 3.05) is 0 Å². The topological polar surface area (TPSA) is 67.4 Å². The molecule has 0 aliphatic rings. The molecule has 2 aromatic heterocycles. The molecule has 0 amide bonds. The number of aromatic nitrogens is 4. The second kappa shape index (κ2) is 5.30. The van der Waals surface area contributed by atoms with Crippen LogP contribution in [-0.4, -0.2) is 19.7 Å². The number of fused-ring (bicyclic) bond motifs is 1. The van der Waals surface area contributed by atoms with E-state index in [1.165, 1.54) is 0 Å². The van der Waals surface area contributed by atoms with Crippen LogP contribution >= 0.6 is 11.3 Å². The van der Waals surface area contributed by atoms with Gasteiger partial charge in [0.25, 0.3) is 0 Å². The van der Waals surface area contributed by atoms with Crippen molar-refractivity contribution in [3.8, 4) is 23.1 Å². The smallest absolute Gasteiger partial charge is 0.170 e. The van der Waals surface area contributed by atoms with Crippen LogP contribution in [0.4, 0.5) is 0 Å². The average Bonchev–Trinajstić information content (AvgIpc) is 3.19. The third-order valence-corrected chi connectivity index (χ3v) is 4.53. The SMILES string of the molecule is Cc1nc2c(-c3nncn3-c3ccccc3C#N)cccc2s1. The lowest BCUT2D eigenvalue weighted by Gasteiger charge is -2.08. The highest BCUT2D eigenvalue weighted by Gasteiger charge is 2.16. The molecular weight excluding hydrogens is 306 g/mol. The number of nitrogens with zero attached hydrogens (tertiary/aromatic N) is 5. The van der Waals surface area contributed by atoms with Gasteiger partial charge >= 0.3 is 0 Å². The summed E-state index contributed by atoms with van der Waals surface area (Å²) in [6.45, 7) is 1.99. The van der Waals surface area contributed by atoms with E-state index in [0.29, 0.717) is 11.4 Å². The van der Waals surface area contributed by atoms with Gasteiger partial charge in [0.2, 0.25) is 0 Å². The molecule has 0 aliphatic heterocycles. The van der Waals surface area contributed by atoms with Gasteiger partial charge in [-0.25, -0.2) is 4.98 Å². The summed E-state index contributed by atoms with van der Waals surface area (Å²) in [5, 5.41) is 18.7. The van der Waals surface area contributed by atoms with Crippen molar-refractivity contribution >= 4 is 21.6 Å². The van der Waals surface area contributed by atoms with E-state index in [9.17, 15) is 5.26 Å². The molecule has 0 saturated heterocycles. The molecule has 0 spiro atoms. The maximum atomic E-state index is 9.34. The fourth-order valence-electron chi connectivity index (χ4n) is 2.61. The first-order valence-electron chi connectivity index (χ1n) is 7.04. The van der Waals surface area contributed by atoms with Gasteiger partial charge in [0, 0.05) is 5.56 Å². The summed E-state index contributed by atoms with van der Waals surface area (Å²) in [7, 11) is 0. The van der Waals surface area contributed by atoms with Crippen molar-refractivity contribution in [1.29, 1.82) is 5.26 Å². The molecule has 2 aromatic carbocycles. The summed E-state index contributed by atoms with van der Waals surface area (Å²) < 4.78 is 2.95. The largest absolute Gasteiger partial charge is 0.280 e. The summed E-state index contributed by atoms with van der Waals surface area (Å²) in [5.74, 6) is 0.684. The molecule has 23 heavy (non-hydrogen) atoms. The van der Waals surface area contributed by atoms with Gasteiger partial charge in [0.1, 0.15) is 12.4 Å². The lowest BCUT2D eigenvalue weighted by atomic mass is 10.1. The van der Waals surface area contributed by atoms with Gasteiger partial charge in [-0.3, -0.25) is 4.57 Å². The van der Waals surface area contributed by atoms with Crippen molar-refractivity contribution in [3.63, 3.8) is 0 Å². The molecule has 6 heteroatoms. The fraction of sp³-hybridized carbons (Fsp3) is 0.0588. The maximum Gasteiger partial charge on any atom is 0.170 e. The van der Waals surface area contributed by atoms with Crippen LogP contribution in [0.15, 0.2) is 48.8 Å². The van der Waals surface area contributed by atoms with Crippen molar-refractivity contribution < 1.29 is 0 Å². The van der Waals surface area contributed by atoms with E-state index >= 15 is 0 Å². The summed E-state index contributed by atoms with van der Waals surface area (Å²) in [6, 6.07) is 15.6. The van der Waals surface area contributed by atoms with E-state index in [2.05, 4.69) is 21.3 Å². The highest BCUT2D eigenvalue weighted by molar-refractivity contribution is 7.18. The van der Waals surface area contributed by atoms with E-state index in [1.54, 1.807) is 23.7 Å². The Labute approximate surface area is 136 Å². The summed E-state index contributed by atoms with van der Waals surface area (Å²) in [4.78, 5) is 4.62. The fourth-order valence-corrected chi connectivity index (χ4v) is 3.47. The lowest BCUT2D eigenvalue weighted by Crippen LogP contribution is -1.99. The van der Waals surface area contributed by atoms with E-state index in [4.69, 9.17) is 0 Å². The van der Waals surface area contributed by atoms with Crippen LogP contribution in [0, 0.1) is 18.3 Å². The molecule has 0 atom stereocenters. The van der Waals surface area contributed by atoms with E-state index in [1.807, 2.05) is 47.9 Å². The molecule has 0 saturated carbocycles. The zero-order valence-corrected chi connectivity index (χ0v) is 13.1. The molecule has 0 radical (unpaired) electrons. The molecule has 0 fully saturated rings. The summed E-state index contributed by atoms with van der Waals surface area (Å²) in [5.41, 5.74) is 3.17. The Kier molecular flexibility index (Phi) is 3.14. The number of para-hydroxylation sites is 2. The van der Waals surface area contributed by atoms with Crippen molar-refractivity contribution in [2.45, 2.75) is 6.92 Å². The standard InChI is InChI=1S/C17H11N5S/c1-11-20-16-13(6-4-8-15(16)23-11)17-21-19-10-22(17)14-7-3-2-5-12(14)9-18/h2-8,10H,1H3. The number of aryl methyl sites for hydroxylation is 1. The van der Waals surface area contributed by atoms with Crippen LogP contribution in [0.2, 0.25) is 0 Å². The predicted molar refractivity (Wildman–Crippen MR) is 89.4 cm³/mol. The Morgan fingerprint density at radius 2 is 2.00 bits per heavy atom. The Morgan fingerprint density at radius 1 is 1.13 bits per heavy atom. The molecule has 0 unspecified atom stereocenters. The molecule has 0 N–H and O–H groups in total. The number of hydrogen-bond donors (Lipinski definition) is 0. The third-order valence-electron chi connectivity index (χ3n) is 3.60. The second-order valence-electron chi connectivity index (χ2n) is 5.04. The Hall–Kier alpha value is -3.04. The highest BCUT2D eigenvalue weighted by atomic mass is 32.1. The van der Waals surface area contributed by atoms with Gasteiger partial charge in [-0.2, -0.15) is 5.26 Å². The lowest BCUT2D eigenvalue weighted by molar-refractivity contribution is 1.06. The van der Waals surface area contributed by atoms with Crippen LogP contribution < -0.4 is 0 Å². The minimum absolute atomic E-state index is 0.579. The Bertz CT molecular complexity index is 1050. The van der Waals surface area contributed by atoms with Crippen LogP contribution in [0.5, 0.6) is 0 Å². The van der Waals surface area contributed by atoms with Crippen LogP contribution in [0.3, 0.4) is 0 Å². The minimum Gasteiger partial charge on any atom is -0.280 e. The summed E-state index contributed by atoms with van der Waals surface area (Å²) >= 11 is 1.65. The van der Waals surface area contributed by atoms with Gasteiger partial charge in [0.05, 0.1) is 26.5 Å². The first kappa shape index (κ1) is 13.6. The van der Waals surface area contributed by atoms with Gasteiger partial charge < -0.3 is 0 Å². The molecule has 110 valence electrons. The number of rotatable bonds is 2. The zero-order valence-electron chi connectivity index (χ0n) is 12.3. The third kappa shape index (κ3) is 2.18. The number of benzene rings is 2. The zero-order chi connectivity index (χ0) is 15.8. The van der Waals surface area contributed by atoms with Gasteiger partial charge in [-0.05, 0) is 31.2 Å². The first-order chi connectivity index (χ1) is 11.3. The molecule has 0 aliphatic carbocycles. The first-order valence-corrected chi connectivity index (χ1v) is 7.85. The number of thiazole rings is 1. The molecule has 0 bridgehead atoms. The maximum absolute atomic E-state index is 9.34. The monoisotopic (exact) mass is 317 g/mol.